The van der Waals surface area contributed by atoms with Gasteiger partial charge in [0.2, 0.25) is 0 Å². The molecule has 0 spiro atoms. The maximum Gasteiger partial charge on any atom is 0.349 e. The summed E-state index contributed by atoms with van der Waals surface area (Å²) in [6.45, 7) is 0. The highest BCUT2D eigenvalue weighted by molar-refractivity contribution is 7.18. The minimum absolute atomic E-state index is 0.167. The molecule has 0 bridgehead atoms. The van der Waals surface area contributed by atoms with Gasteiger partial charge in [0.05, 0.1) is 11.1 Å². The lowest BCUT2D eigenvalue weighted by Crippen LogP contribution is -2.04. The molecule has 4 aromatic rings. The quantitative estimate of drug-likeness (QED) is 0.487. The first-order chi connectivity index (χ1) is 13.3. The number of ether oxygens (including phenoxy) is 1. The zero-order valence-corrected chi connectivity index (χ0v) is 15.2. The number of nitrogens with zero attached hydrogens (tertiary/aromatic N) is 1. The third-order valence-corrected chi connectivity index (χ3v) is 5.61. The Kier molecular flexibility index (Phi) is 3.90. The van der Waals surface area contributed by atoms with Gasteiger partial charge in [-0.2, -0.15) is 4.98 Å². The molecule has 1 aliphatic carbocycles. The first kappa shape index (κ1) is 16.1. The van der Waals surface area contributed by atoms with Gasteiger partial charge in [0.1, 0.15) is 10.6 Å². The second-order valence-electron chi connectivity index (χ2n) is 6.48. The van der Waals surface area contributed by atoms with Crippen molar-refractivity contribution in [3.05, 3.63) is 76.0 Å². The van der Waals surface area contributed by atoms with Crippen LogP contribution in [0.15, 0.2) is 69.9 Å². The third-order valence-electron chi connectivity index (χ3n) is 4.42. The Bertz CT molecular complexity index is 1160. The van der Waals surface area contributed by atoms with E-state index >= 15 is 0 Å². The van der Waals surface area contributed by atoms with E-state index in [1.54, 1.807) is 11.3 Å². The molecular weight excluding hydrogens is 360 g/mol. The summed E-state index contributed by atoms with van der Waals surface area (Å²) in [5.41, 5.74) is 0.308. The Balaban J connectivity index is 1.47. The molecule has 0 radical (unpaired) electrons. The summed E-state index contributed by atoms with van der Waals surface area (Å²) in [6.07, 6.45) is 2.38. The normalized spacial score (nSPS) is 13.6. The minimum Gasteiger partial charge on any atom is -0.455 e. The Morgan fingerprint density at radius 1 is 1.07 bits per heavy atom. The van der Waals surface area contributed by atoms with Crippen LogP contribution in [-0.4, -0.2) is 4.98 Å². The molecule has 0 unspecified atom stereocenters. The molecule has 0 amide bonds. The van der Waals surface area contributed by atoms with Gasteiger partial charge >= 0.3 is 11.6 Å². The molecule has 1 aliphatic rings. The summed E-state index contributed by atoms with van der Waals surface area (Å²) in [5, 5.41) is 3.64. The zero-order chi connectivity index (χ0) is 18.2. The maximum absolute atomic E-state index is 12.4. The van der Waals surface area contributed by atoms with E-state index in [9.17, 15) is 4.79 Å². The molecule has 6 heteroatoms. The Hall–Kier alpha value is -3.12. The SMILES string of the molecule is O=c1oc(Nc2ccccc2Oc2ccccc2)nc2sc(C3CC3)cc12. The summed E-state index contributed by atoms with van der Waals surface area (Å²) in [7, 11) is 0. The van der Waals surface area contributed by atoms with Gasteiger partial charge in [-0.05, 0) is 49.1 Å². The van der Waals surface area contributed by atoms with Crippen molar-refractivity contribution in [2.45, 2.75) is 18.8 Å². The van der Waals surface area contributed by atoms with Gasteiger partial charge in [-0.3, -0.25) is 0 Å². The lowest BCUT2D eigenvalue weighted by Gasteiger charge is -2.11. The summed E-state index contributed by atoms with van der Waals surface area (Å²) >= 11 is 1.57. The molecule has 27 heavy (non-hydrogen) atoms. The predicted octanol–water partition coefficient (Wildman–Crippen LogP) is 5.66. The van der Waals surface area contributed by atoms with Crippen molar-refractivity contribution in [2.24, 2.45) is 0 Å². The lowest BCUT2D eigenvalue weighted by atomic mass is 10.3. The summed E-state index contributed by atoms with van der Waals surface area (Å²) in [6, 6.07) is 19.1. The molecule has 0 atom stereocenters. The number of hydrogen-bond donors (Lipinski definition) is 1. The van der Waals surface area contributed by atoms with Crippen molar-refractivity contribution in [1.29, 1.82) is 0 Å². The molecule has 2 aromatic heterocycles. The van der Waals surface area contributed by atoms with E-state index in [1.807, 2.05) is 60.7 Å². The molecule has 1 fully saturated rings. The van der Waals surface area contributed by atoms with E-state index in [0.29, 0.717) is 27.6 Å². The van der Waals surface area contributed by atoms with Crippen molar-refractivity contribution >= 4 is 33.3 Å². The van der Waals surface area contributed by atoms with Crippen LogP contribution in [0.3, 0.4) is 0 Å². The van der Waals surface area contributed by atoms with Gasteiger partial charge in [0, 0.05) is 4.88 Å². The number of fused-ring (bicyclic) bond motifs is 1. The smallest absolute Gasteiger partial charge is 0.349 e. The minimum atomic E-state index is -0.368. The molecule has 5 nitrogen and oxygen atoms in total. The van der Waals surface area contributed by atoms with Gasteiger partial charge in [-0.1, -0.05) is 30.3 Å². The average molecular weight is 376 g/mol. The van der Waals surface area contributed by atoms with Gasteiger partial charge in [0.25, 0.3) is 0 Å². The Labute approximate surface area is 159 Å². The van der Waals surface area contributed by atoms with E-state index in [4.69, 9.17) is 9.15 Å². The summed E-state index contributed by atoms with van der Waals surface area (Å²) in [4.78, 5) is 18.8. The summed E-state index contributed by atoms with van der Waals surface area (Å²) in [5.74, 6) is 1.93. The van der Waals surface area contributed by atoms with Crippen LogP contribution in [0.2, 0.25) is 0 Å². The van der Waals surface area contributed by atoms with Crippen LogP contribution in [0, 0.1) is 0 Å². The van der Waals surface area contributed by atoms with Crippen LogP contribution in [0.25, 0.3) is 10.2 Å². The fourth-order valence-corrected chi connectivity index (χ4v) is 4.08. The van der Waals surface area contributed by atoms with Gasteiger partial charge in [-0.25, -0.2) is 4.79 Å². The fraction of sp³-hybridized carbons (Fsp3) is 0.143. The summed E-state index contributed by atoms with van der Waals surface area (Å²) < 4.78 is 11.3. The molecule has 5 rings (SSSR count). The van der Waals surface area contributed by atoms with E-state index in [1.165, 1.54) is 17.7 Å². The first-order valence-electron chi connectivity index (χ1n) is 8.80. The molecule has 1 N–H and O–H groups in total. The molecule has 1 saturated carbocycles. The van der Waals surface area contributed by atoms with E-state index in [0.717, 1.165) is 5.75 Å². The topological polar surface area (TPSA) is 64.4 Å². The number of thiophene rings is 1. The number of benzene rings is 2. The van der Waals surface area contributed by atoms with Gasteiger partial charge in [-0.15, -0.1) is 11.3 Å². The van der Waals surface area contributed by atoms with Crippen LogP contribution in [-0.2, 0) is 0 Å². The van der Waals surface area contributed by atoms with Gasteiger partial charge in [0.15, 0.2) is 5.75 Å². The number of anilines is 2. The standard InChI is InChI=1S/C21H16N2O3S/c24-20-15-12-18(13-10-11-13)27-19(15)23-21(26-20)22-16-8-4-5-9-17(16)25-14-6-2-1-3-7-14/h1-9,12-13H,10-11H2,(H,22,23). The van der Waals surface area contributed by atoms with E-state index in [2.05, 4.69) is 10.3 Å². The van der Waals surface area contributed by atoms with Crippen molar-refractivity contribution in [2.75, 3.05) is 5.32 Å². The largest absolute Gasteiger partial charge is 0.455 e. The zero-order valence-electron chi connectivity index (χ0n) is 14.3. The van der Waals surface area contributed by atoms with Crippen LogP contribution in [0.1, 0.15) is 23.6 Å². The number of rotatable bonds is 5. The molecule has 134 valence electrons. The third kappa shape index (κ3) is 3.31. The van der Waals surface area contributed by atoms with Crippen molar-refractivity contribution in [1.82, 2.24) is 4.98 Å². The lowest BCUT2D eigenvalue weighted by molar-refractivity contribution is 0.482. The second kappa shape index (κ2) is 6.55. The van der Waals surface area contributed by atoms with Crippen LogP contribution in [0.4, 0.5) is 11.7 Å². The Morgan fingerprint density at radius 3 is 2.67 bits per heavy atom. The Morgan fingerprint density at radius 2 is 1.85 bits per heavy atom. The average Bonchev–Trinajstić information content (AvgIpc) is 3.44. The van der Waals surface area contributed by atoms with Crippen molar-refractivity contribution < 1.29 is 9.15 Å². The van der Waals surface area contributed by atoms with Gasteiger partial charge < -0.3 is 14.5 Å². The highest BCUT2D eigenvalue weighted by Crippen LogP contribution is 2.44. The predicted molar refractivity (Wildman–Crippen MR) is 106 cm³/mol. The molecular formula is C21H16N2O3S. The van der Waals surface area contributed by atoms with Crippen molar-refractivity contribution in [3.8, 4) is 11.5 Å². The number of nitrogens with one attached hydrogen (secondary N) is 1. The molecule has 2 aromatic carbocycles. The van der Waals surface area contributed by atoms with E-state index in [-0.39, 0.29) is 11.6 Å². The van der Waals surface area contributed by atoms with E-state index < -0.39 is 0 Å². The second-order valence-corrected chi connectivity index (χ2v) is 7.55. The monoisotopic (exact) mass is 376 g/mol. The first-order valence-corrected chi connectivity index (χ1v) is 9.61. The maximum atomic E-state index is 12.4. The number of hydrogen-bond acceptors (Lipinski definition) is 6. The number of aromatic nitrogens is 1. The van der Waals surface area contributed by atoms with Crippen LogP contribution >= 0.6 is 11.3 Å². The molecule has 2 heterocycles. The van der Waals surface area contributed by atoms with Crippen LogP contribution < -0.4 is 15.7 Å². The molecule has 0 aliphatic heterocycles. The van der Waals surface area contributed by atoms with Crippen LogP contribution in [0.5, 0.6) is 11.5 Å². The highest BCUT2D eigenvalue weighted by atomic mass is 32.1. The highest BCUT2D eigenvalue weighted by Gasteiger charge is 2.26. The van der Waals surface area contributed by atoms with Crippen molar-refractivity contribution in [3.63, 3.8) is 0 Å². The fourth-order valence-electron chi connectivity index (χ4n) is 2.90. The number of para-hydroxylation sites is 3. The molecule has 0 saturated heterocycles.